The summed E-state index contributed by atoms with van der Waals surface area (Å²) in [5.41, 5.74) is 0. The molecule has 0 amide bonds. The summed E-state index contributed by atoms with van der Waals surface area (Å²) < 4.78 is 7.17. The van der Waals surface area contributed by atoms with Gasteiger partial charge in [-0.3, -0.25) is 4.79 Å². The lowest BCUT2D eigenvalue weighted by Crippen LogP contribution is -2.17. The second kappa shape index (κ2) is 6.68. The first kappa shape index (κ1) is 13.3. The highest BCUT2D eigenvalue weighted by Crippen LogP contribution is 2.08. The summed E-state index contributed by atoms with van der Waals surface area (Å²) in [5.74, 6) is 1.39. The fourth-order valence-electron chi connectivity index (χ4n) is 1.73. The maximum absolute atomic E-state index is 11.8. The average molecular weight is 259 g/mol. The van der Waals surface area contributed by atoms with Gasteiger partial charge in [0.15, 0.2) is 5.78 Å². The summed E-state index contributed by atoms with van der Waals surface area (Å²) >= 11 is 0. The number of rotatable bonds is 7. The van der Waals surface area contributed by atoms with Gasteiger partial charge in [-0.25, -0.2) is 9.67 Å². The van der Waals surface area contributed by atoms with E-state index in [1.165, 1.54) is 6.33 Å². The maximum atomic E-state index is 11.8. The summed E-state index contributed by atoms with van der Waals surface area (Å²) in [6, 6.07) is 9.30. The molecule has 0 fully saturated rings. The Balaban J connectivity index is 1.85. The molecule has 0 aliphatic carbocycles. The molecule has 0 aliphatic heterocycles. The van der Waals surface area contributed by atoms with E-state index < -0.39 is 0 Å². The van der Waals surface area contributed by atoms with Crippen LogP contribution in [0.15, 0.2) is 36.7 Å². The van der Waals surface area contributed by atoms with Crippen molar-refractivity contribution < 1.29 is 9.53 Å². The molecule has 1 aromatic carbocycles. The van der Waals surface area contributed by atoms with Crippen molar-refractivity contribution in [3.8, 4) is 5.75 Å². The van der Waals surface area contributed by atoms with Gasteiger partial charge in [0.25, 0.3) is 0 Å². The van der Waals surface area contributed by atoms with Gasteiger partial charge in [-0.1, -0.05) is 25.1 Å². The van der Waals surface area contributed by atoms with Gasteiger partial charge >= 0.3 is 0 Å². The van der Waals surface area contributed by atoms with Crippen molar-refractivity contribution in [1.82, 2.24) is 14.8 Å². The number of hydrogen-bond donors (Lipinski definition) is 0. The van der Waals surface area contributed by atoms with Crippen molar-refractivity contribution in [3.63, 3.8) is 0 Å². The molecule has 1 aromatic heterocycles. The predicted octanol–water partition coefficient (Wildman–Crippen LogP) is 1.88. The highest BCUT2D eigenvalue weighted by molar-refractivity contribution is 5.81. The Bertz CT molecular complexity index is 522. The second-order valence-electron chi connectivity index (χ2n) is 4.22. The molecule has 100 valence electrons. The summed E-state index contributed by atoms with van der Waals surface area (Å²) in [4.78, 5) is 15.9. The Morgan fingerprint density at radius 1 is 1.32 bits per heavy atom. The van der Waals surface area contributed by atoms with Crippen molar-refractivity contribution in [2.45, 2.75) is 26.3 Å². The van der Waals surface area contributed by atoms with Gasteiger partial charge in [-0.15, -0.1) is 0 Å². The molecule has 0 aliphatic rings. The fraction of sp³-hybridized carbons (Fsp3) is 0.357. The molecule has 0 bridgehead atoms. The fourth-order valence-corrected chi connectivity index (χ4v) is 1.73. The number of ether oxygens (including phenoxy) is 1. The molecule has 1 heterocycles. The van der Waals surface area contributed by atoms with Gasteiger partial charge in [0.05, 0.1) is 6.42 Å². The lowest BCUT2D eigenvalue weighted by atomic mass is 10.3. The van der Waals surface area contributed by atoms with Gasteiger partial charge in [-0.2, -0.15) is 5.10 Å². The van der Waals surface area contributed by atoms with Crippen LogP contribution in [0.1, 0.15) is 19.2 Å². The SMILES string of the molecule is CCCn1ncnc1CC(=O)COc1ccccc1. The highest BCUT2D eigenvalue weighted by Gasteiger charge is 2.10. The Hall–Kier alpha value is -2.17. The van der Waals surface area contributed by atoms with Crippen LogP contribution in [0.5, 0.6) is 5.75 Å². The number of aryl methyl sites for hydroxylation is 1. The van der Waals surface area contributed by atoms with E-state index in [1.807, 2.05) is 30.3 Å². The van der Waals surface area contributed by atoms with E-state index in [9.17, 15) is 4.79 Å². The molecule has 19 heavy (non-hydrogen) atoms. The minimum absolute atomic E-state index is 0.00536. The molecular weight excluding hydrogens is 242 g/mol. The third-order valence-corrected chi connectivity index (χ3v) is 2.63. The normalized spacial score (nSPS) is 10.4. The molecule has 0 N–H and O–H groups in total. The van der Waals surface area contributed by atoms with E-state index in [4.69, 9.17) is 4.74 Å². The predicted molar refractivity (Wildman–Crippen MR) is 71.0 cm³/mol. The number of para-hydroxylation sites is 1. The van der Waals surface area contributed by atoms with E-state index in [0.717, 1.165) is 13.0 Å². The quantitative estimate of drug-likeness (QED) is 0.761. The first-order valence-electron chi connectivity index (χ1n) is 6.36. The molecule has 5 nitrogen and oxygen atoms in total. The van der Waals surface area contributed by atoms with Gasteiger partial charge in [-0.05, 0) is 18.6 Å². The van der Waals surface area contributed by atoms with Gasteiger partial charge in [0, 0.05) is 6.54 Å². The number of nitrogens with zero attached hydrogens (tertiary/aromatic N) is 3. The summed E-state index contributed by atoms with van der Waals surface area (Å²) in [6.45, 7) is 2.90. The number of aromatic nitrogens is 3. The summed E-state index contributed by atoms with van der Waals surface area (Å²) in [7, 11) is 0. The van der Waals surface area contributed by atoms with Gasteiger partial charge in [0.1, 0.15) is 24.5 Å². The molecule has 2 rings (SSSR count). The molecule has 0 radical (unpaired) electrons. The van der Waals surface area contributed by atoms with Crippen LogP contribution in [0.4, 0.5) is 0 Å². The minimum Gasteiger partial charge on any atom is -0.486 e. The van der Waals surface area contributed by atoms with Crippen LogP contribution < -0.4 is 4.74 Å². The third kappa shape index (κ3) is 3.91. The zero-order valence-electron chi connectivity index (χ0n) is 11.0. The summed E-state index contributed by atoms with van der Waals surface area (Å²) in [5, 5.41) is 4.09. The van der Waals surface area contributed by atoms with E-state index >= 15 is 0 Å². The number of benzene rings is 1. The number of carbonyl (C=O) groups excluding carboxylic acids is 1. The van der Waals surface area contributed by atoms with Crippen molar-refractivity contribution in [1.29, 1.82) is 0 Å². The first-order chi connectivity index (χ1) is 9.29. The third-order valence-electron chi connectivity index (χ3n) is 2.63. The second-order valence-corrected chi connectivity index (χ2v) is 4.22. The van der Waals surface area contributed by atoms with E-state index in [1.54, 1.807) is 4.68 Å². The van der Waals surface area contributed by atoms with Gasteiger partial charge in [0.2, 0.25) is 0 Å². The molecule has 0 saturated heterocycles. The Morgan fingerprint density at radius 2 is 2.11 bits per heavy atom. The number of carbonyl (C=O) groups is 1. The molecule has 2 aromatic rings. The van der Waals surface area contributed by atoms with E-state index in [0.29, 0.717) is 11.6 Å². The Kier molecular flexibility index (Phi) is 4.66. The monoisotopic (exact) mass is 259 g/mol. The standard InChI is InChI=1S/C14H17N3O2/c1-2-8-17-14(15-11-16-17)9-12(18)10-19-13-6-4-3-5-7-13/h3-7,11H,2,8-10H2,1H3. The molecule has 0 spiro atoms. The van der Waals surface area contributed by atoms with Crippen LogP contribution in [0.25, 0.3) is 0 Å². The molecule has 0 atom stereocenters. The highest BCUT2D eigenvalue weighted by atomic mass is 16.5. The van der Waals surface area contributed by atoms with Crippen molar-refractivity contribution in [3.05, 3.63) is 42.5 Å². The Morgan fingerprint density at radius 3 is 2.84 bits per heavy atom. The zero-order chi connectivity index (χ0) is 13.5. The lowest BCUT2D eigenvalue weighted by molar-refractivity contribution is -0.120. The zero-order valence-corrected chi connectivity index (χ0v) is 11.0. The largest absolute Gasteiger partial charge is 0.486 e. The van der Waals surface area contributed by atoms with Crippen LogP contribution in [-0.4, -0.2) is 27.2 Å². The Labute approximate surface area is 112 Å². The van der Waals surface area contributed by atoms with Crippen molar-refractivity contribution in [2.24, 2.45) is 0 Å². The van der Waals surface area contributed by atoms with Crippen LogP contribution in [-0.2, 0) is 17.8 Å². The topological polar surface area (TPSA) is 57.0 Å². The lowest BCUT2D eigenvalue weighted by Gasteiger charge is -2.06. The summed E-state index contributed by atoms with van der Waals surface area (Å²) in [6.07, 6.45) is 2.70. The molecule has 5 heteroatoms. The van der Waals surface area contributed by atoms with Crippen LogP contribution >= 0.6 is 0 Å². The van der Waals surface area contributed by atoms with Crippen LogP contribution in [0.2, 0.25) is 0 Å². The average Bonchev–Trinajstić information content (AvgIpc) is 2.85. The molecule has 0 unspecified atom stereocenters. The number of Topliss-reactive ketones (excluding diaryl/α,β-unsaturated/α-hetero) is 1. The number of hydrogen-bond acceptors (Lipinski definition) is 4. The van der Waals surface area contributed by atoms with Crippen LogP contribution in [0.3, 0.4) is 0 Å². The minimum atomic E-state index is -0.00536. The smallest absolute Gasteiger partial charge is 0.177 e. The maximum Gasteiger partial charge on any atom is 0.177 e. The van der Waals surface area contributed by atoms with E-state index in [-0.39, 0.29) is 18.8 Å². The first-order valence-corrected chi connectivity index (χ1v) is 6.36. The number of ketones is 1. The van der Waals surface area contributed by atoms with Crippen molar-refractivity contribution in [2.75, 3.05) is 6.61 Å². The van der Waals surface area contributed by atoms with Gasteiger partial charge < -0.3 is 4.74 Å². The van der Waals surface area contributed by atoms with E-state index in [2.05, 4.69) is 17.0 Å². The molecule has 0 saturated carbocycles. The van der Waals surface area contributed by atoms with Crippen molar-refractivity contribution >= 4 is 5.78 Å². The molecular formula is C14H17N3O2. The van der Waals surface area contributed by atoms with Crippen LogP contribution in [0, 0.1) is 0 Å².